The van der Waals surface area contributed by atoms with E-state index in [4.69, 9.17) is 9.47 Å². The fourth-order valence-corrected chi connectivity index (χ4v) is 2.68. The molecule has 1 heterocycles. The highest BCUT2D eigenvalue weighted by Gasteiger charge is 2.50. The van der Waals surface area contributed by atoms with Gasteiger partial charge < -0.3 is 9.47 Å². The Morgan fingerprint density at radius 3 is 2.63 bits per heavy atom. The highest BCUT2D eigenvalue weighted by molar-refractivity contribution is 5.69. The molecule has 0 N–H and O–H groups in total. The van der Waals surface area contributed by atoms with Crippen LogP contribution >= 0.6 is 0 Å². The second-order valence-corrected chi connectivity index (χ2v) is 6.39. The average Bonchev–Trinajstić information content (AvgIpc) is 2.26. The van der Waals surface area contributed by atoms with E-state index >= 15 is 0 Å². The molecule has 1 amide bonds. The van der Waals surface area contributed by atoms with Gasteiger partial charge in [-0.05, 0) is 33.6 Å². The Hall–Kier alpha value is -1.28. The molecule has 0 aromatic carbocycles. The van der Waals surface area contributed by atoms with Crippen molar-refractivity contribution in [3.8, 4) is 6.07 Å². The second kappa shape index (κ2) is 5.01. The number of carbonyl (C=O) groups is 1. The summed E-state index contributed by atoms with van der Waals surface area (Å²) in [6.45, 7) is 7.00. The van der Waals surface area contributed by atoms with Crippen molar-refractivity contribution in [1.29, 1.82) is 5.26 Å². The van der Waals surface area contributed by atoms with Crippen molar-refractivity contribution >= 4 is 6.09 Å². The number of morpholine rings is 1. The molecule has 2 fully saturated rings. The lowest BCUT2D eigenvalue weighted by molar-refractivity contribution is -0.0742. The van der Waals surface area contributed by atoms with E-state index in [0.29, 0.717) is 19.8 Å². The normalized spacial score (nSPS) is 26.2. The molecule has 0 aromatic heterocycles. The first kappa shape index (κ1) is 14.1. The van der Waals surface area contributed by atoms with Crippen molar-refractivity contribution in [2.45, 2.75) is 51.7 Å². The molecular weight excluding hydrogens is 244 g/mol. The van der Waals surface area contributed by atoms with Crippen LogP contribution in [0.15, 0.2) is 0 Å². The molecule has 1 aliphatic heterocycles. The van der Waals surface area contributed by atoms with Crippen molar-refractivity contribution in [2.75, 3.05) is 19.8 Å². The molecule has 0 radical (unpaired) electrons. The predicted octanol–water partition coefficient (Wildman–Crippen LogP) is 2.32. The highest BCUT2D eigenvalue weighted by atomic mass is 16.6. The lowest BCUT2D eigenvalue weighted by atomic mass is 9.64. The summed E-state index contributed by atoms with van der Waals surface area (Å²) in [5, 5.41) is 9.44. The maximum atomic E-state index is 12.3. The fourth-order valence-electron chi connectivity index (χ4n) is 2.68. The third-order valence-electron chi connectivity index (χ3n) is 3.86. The summed E-state index contributed by atoms with van der Waals surface area (Å²) in [6.07, 6.45) is 2.40. The SMILES string of the molecule is CC(C)(C)OC(=O)N1CCOCC1C1(C#N)CCC1. The van der Waals surface area contributed by atoms with Gasteiger partial charge in [0.2, 0.25) is 0 Å². The molecule has 5 nitrogen and oxygen atoms in total. The van der Waals surface area contributed by atoms with E-state index in [1.165, 1.54) is 0 Å². The lowest BCUT2D eigenvalue weighted by Gasteiger charge is -2.48. The van der Waals surface area contributed by atoms with E-state index in [1.807, 2.05) is 20.8 Å². The van der Waals surface area contributed by atoms with Crippen LogP contribution in [-0.4, -0.2) is 42.4 Å². The van der Waals surface area contributed by atoms with Gasteiger partial charge in [0.1, 0.15) is 5.60 Å². The first-order valence-corrected chi connectivity index (χ1v) is 6.87. The number of ether oxygens (including phenoxy) is 2. The van der Waals surface area contributed by atoms with Crippen LogP contribution in [0.5, 0.6) is 0 Å². The molecule has 2 aliphatic rings. The number of amides is 1. The zero-order chi connectivity index (χ0) is 14.1. The zero-order valence-corrected chi connectivity index (χ0v) is 11.9. The van der Waals surface area contributed by atoms with Gasteiger partial charge in [0.05, 0.1) is 30.7 Å². The molecule has 5 heteroatoms. The van der Waals surface area contributed by atoms with Crippen molar-refractivity contribution < 1.29 is 14.3 Å². The minimum absolute atomic E-state index is 0.171. The van der Waals surface area contributed by atoms with E-state index in [0.717, 1.165) is 19.3 Å². The van der Waals surface area contributed by atoms with Crippen molar-refractivity contribution in [1.82, 2.24) is 4.90 Å². The van der Waals surface area contributed by atoms with Gasteiger partial charge in [-0.1, -0.05) is 6.42 Å². The number of hydrogen-bond donors (Lipinski definition) is 0. The van der Waals surface area contributed by atoms with Crippen molar-refractivity contribution in [2.24, 2.45) is 5.41 Å². The molecule has 1 saturated heterocycles. The van der Waals surface area contributed by atoms with Crippen LogP contribution in [0.3, 0.4) is 0 Å². The molecule has 1 aliphatic carbocycles. The summed E-state index contributed by atoms with van der Waals surface area (Å²) in [5.74, 6) is 0. The van der Waals surface area contributed by atoms with Gasteiger partial charge in [-0.25, -0.2) is 4.79 Å². The van der Waals surface area contributed by atoms with E-state index in [9.17, 15) is 10.1 Å². The van der Waals surface area contributed by atoms with Crippen LogP contribution in [0.1, 0.15) is 40.0 Å². The maximum Gasteiger partial charge on any atom is 0.410 e. The van der Waals surface area contributed by atoms with E-state index in [1.54, 1.807) is 4.90 Å². The number of hydrogen-bond acceptors (Lipinski definition) is 4. The molecule has 19 heavy (non-hydrogen) atoms. The Kier molecular flexibility index (Phi) is 3.73. The monoisotopic (exact) mass is 266 g/mol. The molecule has 1 atom stereocenters. The molecule has 0 bridgehead atoms. The number of rotatable bonds is 1. The summed E-state index contributed by atoms with van der Waals surface area (Å²) in [6, 6.07) is 2.23. The number of carbonyl (C=O) groups excluding carboxylic acids is 1. The van der Waals surface area contributed by atoms with Crippen LogP contribution in [0.2, 0.25) is 0 Å². The second-order valence-electron chi connectivity index (χ2n) is 6.39. The fraction of sp³-hybridized carbons (Fsp3) is 0.857. The van der Waals surface area contributed by atoms with Crippen LogP contribution < -0.4 is 0 Å². The largest absolute Gasteiger partial charge is 0.444 e. The summed E-state index contributed by atoms with van der Waals surface area (Å²) >= 11 is 0. The Morgan fingerprint density at radius 2 is 2.16 bits per heavy atom. The molecule has 106 valence electrons. The number of nitrogens with zero attached hydrogens (tertiary/aromatic N) is 2. The Bertz CT molecular complexity index is 390. The van der Waals surface area contributed by atoms with Crippen molar-refractivity contribution in [3.05, 3.63) is 0 Å². The van der Waals surface area contributed by atoms with Crippen LogP contribution in [0, 0.1) is 16.7 Å². The van der Waals surface area contributed by atoms with Gasteiger partial charge in [-0.15, -0.1) is 0 Å². The minimum atomic E-state index is -0.515. The molecular formula is C14H22N2O3. The summed E-state index contributed by atoms with van der Waals surface area (Å²) in [7, 11) is 0. The van der Waals surface area contributed by atoms with E-state index < -0.39 is 11.0 Å². The third-order valence-corrected chi connectivity index (χ3v) is 3.86. The molecule has 2 rings (SSSR count). The number of nitriles is 1. The van der Waals surface area contributed by atoms with Gasteiger partial charge in [-0.3, -0.25) is 4.90 Å². The summed E-state index contributed by atoms with van der Waals surface area (Å²) in [4.78, 5) is 14.0. The van der Waals surface area contributed by atoms with Gasteiger partial charge in [0.15, 0.2) is 0 Å². The van der Waals surface area contributed by atoms with Crippen LogP contribution in [-0.2, 0) is 9.47 Å². The summed E-state index contributed by atoms with van der Waals surface area (Å²) < 4.78 is 10.9. The smallest absolute Gasteiger partial charge is 0.410 e. The molecule has 0 spiro atoms. The first-order chi connectivity index (χ1) is 8.88. The maximum absolute atomic E-state index is 12.3. The third kappa shape index (κ3) is 2.84. The Labute approximate surface area is 114 Å². The standard InChI is InChI=1S/C14H22N2O3/c1-13(2,3)19-12(17)16-7-8-18-9-11(16)14(10-15)5-4-6-14/h11H,4-9H2,1-3H3. The lowest BCUT2D eigenvalue weighted by Crippen LogP contribution is -2.59. The first-order valence-electron chi connectivity index (χ1n) is 6.87. The van der Waals surface area contributed by atoms with Gasteiger partial charge in [0, 0.05) is 6.54 Å². The Balaban J connectivity index is 2.12. The van der Waals surface area contributed by atoms with Crippen molar-refractivity contribution in [3.63, 3.8) is 0 Å². The molecule has 1 saturated carbocycles. The average molecular weight is 266 g/mol. The zero-order valence-electron chi connectivity index (χ0n) is 11.9. The molecule has 0 aromatic rings. The highest BCUT2D eigenvalue weighted by Crippen LogP contribution is 2.46. The van der Waals surface area contributed by atoms with Crippen LogP contribution in [0.4, 0.5) is 4.79 Å². The minimum Gasteiger partial charge on any atom is -0.444 e. The predicted molar refractivity (Wildman–Crippen MR) is 69.4 cm³/mol. The van der Waals surface area contributed by atoms with Crippen LogP contribution in [0.25, 0.3) is 0 Å². The van der Waals surface area contributed by atoms with Gasteiger partial charge in [0.25, 0.3) is 0 Å². The van der Waals surface area contributed by atoms with Gasteiger partial charge in [-0.2, -0.15) is 5.26 Å². The van der Waals surface area contributed by atoms with E-state index in [2.05, 4.69) is 6.07 Å². The summed E-state index contributed by atoms with van der Waals surface area (Å²) in [5.41, 5.74) is -0.948. The quantitative estimate of drug-likeness (QED) is 0.730. The topological polar surface area (TPSA) is 62.6 Å². The van der Waals surface area contributed by atoms with E-state index in [-0.39, 0.29) is 12.1 Å². The van der Waals surface area contributed by atoms with Gasteiger partial charge >= 0.3 is 6.09 Å². The molecule has 1 unspecified atom stereocenters. The Morgan fingerprint density at radius 1 is 1.47 bits per heavy atom.